The Balaban J connectivity index is 1.90. The van der Waals surface area contributed by atoms with Crippen molar-refractivity contribution in [3.05, 3.63) is 0 Å². The van der Waals surface area contributed by atoms with Crippen LogP contribution in [0.5, 0.6) is 0 Å². The van der Waals surface area contributed by atoms with E-state index in [1.807, 2.05) is 0 Å². The van der Waals surface area contributed by atoms with Gasteiger partial charge in [-0.05, 0) is 13.0 Å². The standard InChI is InChI=1S/C12H21F3N2O3/c13-12(14,15)10-20-7-1-3-16-4-2-11(18)17-5-8-19-9-6-17/h16H,1-10H2. The number of halogens is 3. The Labute approximate surface area is 116 Å². The van der Waals surface area contributed by atoms with E-state index in [2.05, 4.69) is 10.1 Å². The van der Waals surface area contributed by atoms with E-state index in [0.29, 0.717) is 52.2 Å². The smallest absolute Gasteiger partial charge is 0.378 e. The van der Waals surface area contributed by atoms with Gasteiger partial charge >= 0.3 is 6.18 Å². The highest BCUT2D eigenvalue weighted by atomic mass is 19.4. The van der Waals surface area contributed by atoms with E-state index in [9.17, 15) is 18.0 Å². The Kier molecular flexibility index (Phi) is 7.86. The zero-order valence-corrected chi connectivity index (χ0v) is 11.4. The fraction of sp³-hybridized carbons (Fsp3) is 0.917. The van der Waals surface area contributed by atoms with Crippen molar-refractivity contribution >= 4 is 5.91 Å². The molecule has 0 aromatic carbocycles. The van der Waals surface area contributed by atoms with Crippen molar-refractivity contribution < 1.29 is 27.4 Å². The van der Waals surface area contributed by atoms with Gasteiger partial charge in [0.25, 0.3) is 0 Å². The average molecular weight is 298 g/mol. The monoisotopic (exact) mass is 298 g/mol. The highest BCUT2D eigenvalue weighted by Gasteiger charge is 2.27. The van der Waals surface area contributed by atoms with Gasteiger partial charge in [-0.25, -0.2) is 0 Å². The summed E-state index contributed by atoms with van der Waals surface area (Å²) in [6.07, 6.45) is -3.39. The van der Waals surface area contributed by atoms with Crippen LogP contribution in [0, 0.1) is 0 Å². The van der Waals surface area contributed by atoms with Crippen LogP contribution < -0.4 is 5.32 Å². The van der Waals surface area contributed by atoms with Crippen LogP contribution in [0.3, 0.4) is 0 Å². The van der Waals surface area contributed by atoms with Gasteiger partial charge in [0.1, 0.15) is 6.61 Å². The minimum absolute atomic E-state index is 0.0594. The molecule has 1 amide bonds. The Morgan fingerprint density at radius 1 is 1.25 bits per heavy atom. The predicted octanol–water partition coefficient (Wildman–Crippen LogP) is 0.794. The Bertz CT molecular complexity index is 282. The molecule has 1 fully saturated rings. The molecule has 5 nitrogen and oxygen atoms in total. The summed E-state index contributed by atoms with van der Waals surface area (Å²) in [4.78, 5) is 13.5. The second-order valence-corrected chi connectivity index (χ2v) is 4.51. The van der Waals surface area contributed by atoms with Crippen molar-refractivity contribution in [1.82, 2.24) is 10.2 Å². The number of amides is 1. The van der Waals surface area contributed by atoms with E-state index >= 15 is 0 Å². The van der Waals surface area contributed by atoms with E-state index in [1.165, 1.54) is 0 Å². The molecule has 0 bridgehead atoms. The van der Waals surface area contributed by atoms with E-state index < -0.39 is 12.8 Å². The lowest BCUT2D eigenvalue weighted by Gasteiger charge is -2.26. The van der Waals surface area contributed by atoms with Gasteiger partial charge in [-0.15, -0.1) is 0 Å². The summed E-state index contributed by atoms with van der Waals surface area (Å²) in [6.45, 7) is 2.33. The van der Waals surface area contributed by atoms with Gasteiger partial charge in [0.2, 0.25) is 5.91 Å². The molecule has 20 heavy (non-hydrogen) atoms. The second kappa shape index (κ2) is 9.15. The molecule has 1 aliphatic rings. The lowest BCUT2D eigenvalue weighted by molar-refractivity contribution is -0.173. The summed E-state index contributed by atoms with van der Waals surface area (Å²) in [7, 11) is 0. The molecule has 0 radical (unpaired) electrons. The first-order valence-electron chi connectivity index (χ1n) is 6.70. The maximum Gasteiger partial charge on any atom is 0.411 e. The molecule has 1 aliphatic heterocycles. The van der Waals surface area contributed by atoms with Crippen LogP contribution in [-0.4, -0.2) is 69.6 Å². The van der Waals surface area contributed by atoms with E-state index in [4.69, 9.17) is 4.74 Å². The van der Waals surface area contributed by atoms with Gasteiger partial charge < -0.3 is 19.7 Å². The molecular formula is C12H21F3N2O3. The van der Waals surface area contributed by atoms with Crippen molar-refractivity contribution in [1.29, 1.82) is 0 Å². The number of nitrogens with one attached hydrogen (secondary N) is 1. The summed E-state index contributed by atoms with van der Waals surface area (Å²) >= 11 is 0. The topological polar surface area (TPSA) is 50.8 Å². The molecule has 1 rings (SSSR count). The quantitative estimate of drug-likeness (QED) is 0.673. The summed E-state index contributed by atoms with van der Waals surface area (Å²) < 4.78 is 44.9. The highest BCUT2D eigenvalue weighted by Crippen LogP contribution is 2.14. The number of rotatable bonds is 8. The van der Waals surface area contributed by atoms with E-state index in [1.54, 1.807) is 4.90 Å². The number of carbonyl (C=O) groups excluding carboxylic acids is 1. The number of hydrogen-bond donors (Lipinski definition) is 1. The minimum atomic E-state index is -4.27. The Morgan fingerprint density at radius 2 is 1.95 bits per heavy atom. The molecule has 8 heteroatoms. The first-order valence-corrected chi connectivity index (χ1v) is 6.70. The molecule has 0 aromatic heterocycles. The van der Waals surface area contributed by atoms with Crippen molar-refractivity contribution in [2.45, 2.75) is 19.0 Å². The normalized spacial score (nSPS) is 16.4. The van der Waals surface area contributed by atoms with Gasteiger partial charge in [0.05, 0.1) is 13.2 Å². The molecule has 0 aromatic rings. The molecule has 118 valence electrons. The Hall–Kier alpha value is -0.860. The van der Waals surface area contributed by atoms with Gasteiger partial charge in [0, 0.05) is 32.7 Å². The largest absolute Gasteiger partial charge is 0.411 e. The number of hydrogen-bond acceptors (Lipinski definition) is 4. The fourth-order valence-electron chi connectivity index (χ4n) is 1.78. The molecule has 0 unspecified atom stereocenters. The molecule has 0 atom stereocenters. The van der Waals surface area contributed by atoms with Gasteiger partial charge in [-0.1, -0.05) is 0 Å². The number of carbonyl (C=O) groups is 1. The van der Waals surface area contributed by atoms with Crippen LogP contribution in [0.15, 0.2) is 0 Å². The van der Waals surface area contributed by atoms with Crippen LogP contribution >= 0.6 is 0 Å². The number of ether oxygens (including phenoxy) is 2. The van der Waals surface area contributed by atoms with Crippen LogP contribution in [0.1, 0.15) is 12.8 Å². The van der Waals surface area contributed by atoms with Crippen molar-refractivity contribution in [3.8, 4) is 0 Å². The molecule has 1 saturated heterocycles. The number of morpholine rings is 1. The Morgan fingerprint density at radius 3 is 2.60 bits per heavy atom. The lowest BCUT2D eigenvalue weighted by Crippen LogP contribution is -2.41. The third-order valence-corrected chi connectivity index (χ3v) is 2.79. The van der Waals surface area contributed by atoms with Crippen molar-refractivity contribution in [2.75, 3.05) is 52.6 Å². The summed E-state index contributed by atoms with van der Waals surface area (Å²) in [5.74, 6) is 0.0779. The molecule has 0 aliphatic carbocycles. The van der Waals surface area contributed by atoms with Crippen LogP contribution in [0.25, 0.3) is 0 Å². The predicted molar refractivity (Wildman–Crippen MR) is 66.4 cm³/mol. The maximum absolute atomic E-state index is 11.8. The summed E-state index contributed by atoms with van der Waals surface area (Å²) in [5, 5.41) is 3.01. The SMILES string of the molecule is O=C(CCNCCCOCC(F)(F)F)N1CCOCC1. The van der Waals surface area contributed by atoms with Crippen LogP contribution in [0.4, 0.5) is 13.2 Å². The molecule has 0 saturated carbocycles. The van der Waals surface area contributed by atoms with Gasteiger partial charge in [0.15, 0.2) is 0 Å². The maximum atomic E-state index is 11.8. The molecule has 1 heterocycles. The van der Waals surface area contributed by atoms with Crippen LogP contribution in [0.2, 0.25) is 0 Å². The van der Waals surface area contributed by atoms with E-state index in [-0.39, 0.29) is 12.5 Å². The molecular weight excluding hydrogens is 277 g/mol. The minimum Gasteiger partial charge on any atom is -0.378 e. The molecule has 0 spiro atoms. The summed E-state index contributed by atoms with van der Waals surface area (Å²) in [6, 6.07) is 0. The lowest BCUT2D eigenvalue weighted by atomic mass is 10.3. The van der Waals surface area contributed by atoms with Crippen molar-refractivity contribution in [2.24, 2.45) is 0 Å². The van der Waals surface area contributed by atoms with Crippen molar-refractivity contribution in [3.63, 3.8) is 0 Å². The summed E-state index contributed by atoms with van der Waals surface area (Å²) in [5.41, 5.74) is 0. The van der Waals surface area contributed by atoms with Crippen LogP contribution in [-0.2, 0) is 14.3 Å². The number of nitrogens with zero attached hydrogens (tertiary/aromatic N) is 1. The molecule has 1 N–H and O–H groups in total. The third-order valence-electron chi connectivity index (χ3n) is 2.79. The van der Waals surface area contributed by atoms with Gasteiger partial charge in [-0.2, -0.15) is 13.2 Å². The second-order valence-electron chi connectivity index (χ2n) is 4.51. The highest BCUT2D eigenvalue weighted by molar-refractivity contribution is 5.76. The fourth-order valence-corrected chi connectivity index (χ4v) is 1.78. The zero-order chi connectivity index (χ0) is 14.8. The van der Waals surface area contributed by atoms with E-state index in [0.717, 1.165) is 0 Å². The third kappa shape index (κ3) is 8.34. The first kappa shape index (κ1) is 17.2. The zero-order valence-electron chi connectivity index (χ0n) is 11.4. The first-order chi connectivity index (χ1) is 9.49. The van der Waals surface area contributed by atoms with Gasteiger partial charge in [-0.3, -0.25) is 4.79 Å². The number of alkyl halides is 3. The average Bonchev–Trinajstić information content (AvgIpc) is 2.41.